The lowest BCUT2D eigenvalue weighted by Gasteiger charge is -2.33. The standard InChI is InChI=1S/C15H20N2O2/c1-15(6-3-7-19-15)14(16-2)10-4-5-12-11(8-10)9-13(18)17-12/h4-5,8,14,16H,3,6-7,9H2,1-2H3,(H,17,18). The van der Waals surface area contributed by atoms with E-state index in [1.54, 1.807) is 0 Å². The van der Waals surface area contributed by atoms with Gasteiger partial charge in [0, 0.05) is 12.3 Å². The van der Waals surface area contributed by atoms with Crippen LogP contribution in [-0.4, -0.2) is 25.2 Å². The third-order valence-corrected chi connectivity index (χ3v) is 4.24. The van der Waals surface area contributed by atoms with E-state index in [2.05, 4.69) is 29.7 Å². The van der Waals surface area contributed by atoms with Crippen molar-refractivity contribution >= 4 is 11.6 Å². The summed E-state index contributed by atoms with van der Waals surface area (Å²) in [6.45, 7) is 3.00. The molecule has 0 bridgehead atoms. The fraction of sp³-hybridized carbons (Fsp3) is 0.533. The maximum atomic E-state index is 11.4. The Bertz CT molecular complexity index is 507. The number of anilines is 1. The summed E-state index contributed by atoms with van der Waals surface area (Å²) in [4.78, 5) is 11.4. The van der Waals surface area contributed by atoms with Crippen LogP contribution in [0.4, 0.5) is 5.69 Å². The van der Waals surface area contributed by atoms with Crippen molar-refractivity contribution in [1.29, 1.82) is 0 Å². The van der Waals surface area contributed by atoms with Crippen LogP contribution >= 0.6 is 0 Å². The molecule has 0 aliphatic carbocycles. The van der Waals surface area contributed by atoms with Gasteiger partial charge in [-0.25, -0.2) is 0 Å². The number of amides is 1. The van der Waals surface area contributed by atoms with Gasteiger partial charge in [-0.2, -0.15) is 0 Å². The SMILES string of the molecule is CNC(c1ccc2c(c1)CC(=O)N2)C1(C)CCCO1. The van der Waals surface area contributed by atoms with E-state index in [9.17, 15) is 4.79 Å². The Morgan fingerprint density at radius 1 is 1.47 bits per heavy atom. The van der Waals surface area contributed by atoms with E-state index in [0.717, 1.165) is 30.7 Å². The summed E-state index contributed by atoms with van der Waals surface area (Å²) in [5.41, 5.74) is 3.08. The van der Waals surface area contributed by atoms with E-state index in [0.29, 0.717) is 6.42 Å². The van der Waals surface area contributed by atoms with Crippen LogP contribution in [-0.2, 0) is 16.0 Å². The van der Waals surface area contributed by atoms with E-state index in [-0.39, 0.29) is 17.6 Å². The number of likely N-dealkylation sites (N-methyl/N-ethyl adjacent to an activating group) is 1. The lowest BCUT2D eigenvalue weighted by molar-refractivity contribution is -0.115. The minimum absolute atomic E-state index is 0.0801. The summed E-state index contributed by atoms with van der Waals surface area (Å²) < 4.78 is 5.94. The second-order valence-electron chi connectivity index (χ2n) is 5.63. The highest BCUT2D eigenvalue weighted by molar-refractivity contribution is 5.99. The zero-order chi connectivity index (χ0) is 13.5. The third-order valence-electron chi connectivity index (χ3n) is 4.24. The average Bonchev–Trinajstić information content (AvgIpc) is 2.95. The van der Waals surface area contributed by atoms with Gasteiger partial charge < -0.3 is 15.4 Å². The van der Waals surface area contributed by atoms with Crippen molar-refractivity contribution in [3.63, 3.8) is 0 Å². The molecule has 0 radical (unpaired) electrons. The predicted octanol–water partition coefficient (Wildman–Crippen LogP) is 2.01. The Balaban J connectivity index is 1.92. The second-order valence-corrected chi connectivity index (χ2v) is 5.63. The van der Waals surface area contributed by atoms with Gasteiger partial charge in [-0.15, -0.1) is 0 Å². The number of nitrogens with one attached hydrogen (secondary N) is 2. The Morgan fingerprint density at radius 2 is 2.32 bits per heavy atom. The molecule has 2 aliphatic heterocycles. The van der Waals surface area contributed by atoms with Gasteiger partial charge >= 0.3 is 0 Å². The van der Waals surface area contributed by atoms with Gasteiger partial charge in [-0.05, 0) is 44.0 Å². The number of carbonyl (C=O) groups excluding carboxylic acids is 1. The van der Waals surface area contributed by atoms with E-state index in [1.165, 1.54) is 5.56 Å². The minimum Gasteiger partial charge on any atom is -0.373 e. The molecule has 3 rings (SSSR count). The lowest BCUT2D eigenvalue weighted by Crippen LogP contribution is -2.39. The van der Waals surface area contributed by atoms with Crippen molar-refractivity contribution in [2.75, 3.05) is 19.0 Å². The van der Waals surface area contributed by atoms with Gasteiger partial charge in [0.05, 0.1) is 18.1 Å². The molecule has 1 aromatic rings. The molecule has 19 heavy (non-hydrogen) atoms. The summed E-state index contributed by atoms with van der Waals surface area (Å²) in [7, 11) is 1.97. The molecule has 102 valence electrons. The molecule has 4 heteroatoms. The largest absolute Gasteiger partial charge is 0.373 e. The fourth-order valence-corrected chi connectivity index (χ4v) is 3.28. The molecular weight excluding hydrogens is 240 g/mol. The monoisotopic (exact) mass is 260 g/mol. The molecule has 0 saturated carbocycles. The zero-order valence-electron chi connectivity index (χ0n) is 11.5. The molecule has 1 aromatic carbocycles. The summed E-state index contributed by atoms with van der Waals surface area (Å²) in [5.74, 6) is 0.0801. The van der Waals surface area contributed by atoms with Gasteiger partial charge in [0.25, 0.3) is 0 Å². The predicted molar refractivity (Wildman–Crippen MR) is 74.2 cm³/mol. The number of fused-ring (bicyclic) bond motifs is 1. The number of carbonyl (C=O) groups is 1. The van der Waals surface area contributed by atoms with Gasteiger partial charge in [-0.3, -0.25) is 4.79 Å². The molecule has 2 N–H and O–H groups in total. The molecule has 2 aliphatic rings. The van der Waals surface area contributed by atoms with E-state index >= 15 is 0 Å². The average molecular weight is 260 g/mol. The number of rotatable bonds is 3. The van der Waals surface area contributed by atoms with Crippen molar-refractivity contribution < 1.29 is 9.53 Å². The molecule has 1 saturated heterocycles. The second kappa shape index (κ2) is 4.62. The molecule has 2 atom stereocenters. The maximum absolute atomic E-state index is 11.4. The molecule has 2 unspecified atom stereocenters. The Hall–Kier alpha value is -1.39. The molecule has 1 fully saturated rings. The van der Waals surface area contributed by atoms with Crippen molar-refractivity contribution in [3.05, 3.63) is 29.3 Å². The molecular formula is C15H20N2O2. The smallest absolute Gasteiger partial charge is 0.228 e. The van der Waals surface area contributed by atoms with Crippen molar-refractivity contribution in [1.82, 2.24) is 5.32 Å². The quantitative estimate of drug-likeness (QED) is 0.874. The Kier molecular flexibility index (Phi) is 3.07. The van der Waals surface area contributed by atoms with Gasteiger partial charge in [0.15, 0.2) is 0 Å². The Morgan fingerprint density at radius 3 is 3.00 bits per heavy atom. The van der Waals surface area contributed by atoms with Crippen molar-refractivity contribution in [2.45, 2.75) is 37.8 Å². The topological polar surface area (TPSA) is 50.4 Å². The lowest BCUT2D eigenvalue weighted by atomic mass is 9.87. The van der Waals surface area contributed by atoms with Crippen LogP contribution in [0, 0.1) is 0 Å². The van der Waals surface area contributed by atoms with Crippen molar-refractivity contribution in [3.8, 4) is 0 Å². The van der Waals surface area contributed by atoms with E-state index in [1.807, 2.05) is 13.1 Å². The first-order valence-corrected chi connectivity index (χ1v) is 6.86. The van der Waals surface area contributed by atoms with E-state index in [4.69, 9.17) is 4.74 Å². The highest BCUT2D eigenvalue weighted by Gasteiger charge is 2.38. The molecule has 0 aromatic heterocycles. The molecule has 2 heterocycles. The van der Waals surface area contributed by atoms with E-state index < -0.39 is 0 Å². The van der Waals surface area contributed by atoms with Gasteiger partial charge in [-0.1, -0.05) is 12.1 Å². The first-order chi connectivity index (χ1) is 9.12. The van der Waals surface area contributed by atoms with Crippen LogP contribution in [0.25, 0.3) is 0 Å². The van der Waals surface area contributed by atoms with Crippen molar-refractivity contribution in [2.24, 2.45) is 0 Å². The van der Waals surface area contributed by atoms with Gasteiger partial charge in [0.1, 0.15) is 0 Å². The molecule has 4 nitrogen and oxygen atoms in total. The number of benzene rings is 1. The fourth-order valence-electron chi connectivity index (χ4n) is 3.28. The summed E-state index contributed by atoms with van der Waals surface area (Å²) in [5, 5.41) is 6.24. The molecule has 0 spiro atoms. The number of ether oxygens (including phenoxy) is 1. The first-order valence-electron chi connectivity index (χ1n) is 6.86. The summed E-state index contributed by atoms with van der Waals surface area (Å²) in [6, 6.07) is 6.37. The normalized spacial score (nSPS) is 27.2. The van der Waals surface area contributed by atoms with Crippen LogP contribution in [0.1, 0.15) is 36.9 Å². The highest BCUT2D eigenvalue weighted by Crippen LogP contribution is 2.38. The van der Waals surface area contributed by atoms with Crippen LogP contribution in [0.15, 0.2) is 18.2 Å². The minimum atomic E-state index is -0.154. The highest BCUT2D eigenvalue weighted by atomic mass is 16.5. The summed E-state index contributed by atoms with van der Waals surface area (Å²) >= 11 is 0. The first kappa shape index (κ1) is 12.6. The van der Waals surface area contributed by atoms with Gasteiger partial charge in [0.2, 0.25) is 5.91 Å². The summed E-state index contributed by atoms with van der Waals surface area (Å²) in [6.07, 6.45) is 2.66. The Labute approximate surface area is 113 Å². The zero-order valence-corrected chi connectivity index (χ0v) is 11.5. The van der Waals surface area contributed by atoms with Crippen LogP contribution in [0.5, 0.6) is 0 Å². The molecule has 1 amide bonds. The van der Waals surface area contributed by atoms with Crippen LogP contribution in [0.2, 0.25) is 0 Å². The maximum Gasteiger partial charge on any atom is 0.228 e. The number of hydrogen-bond acceptors (Lipinski definition) is 3. The van der Waals surface area contributed by atoms with Crippen LogP contribution in [0.3, 0.4) is 0 Å². The third kappa shape index (κ3) is 2.15. The van der Waals surface area contributed by atoms with Crippen LogP contribution < -0.4 is 10.6 Å². The number of hydrogen-bond donors (Lipinski definition) is 2.